The number of aliphatic hydroxyl groups is 1. The summed E-state index contributed by atoms with van der Waals surface area (Å²) in [5.41, 5.74) is 2.50. The van der Waals surface area contributed by atoms with Crippen LogP contribution in [0.5, 0.6) is 23.0 Å². The monoisotopic (exact) mass is 435 g/mol. The SMILES string of the molecule is COc1ccc(-c2c[se]c(C(O)c3cc(OC)c(OC)c(OC)c3)n2)cc1. The van der Waals surface area contributed by atoms with E-state index < -0.39 is 6.10 Å². The fourth-order valence-corrected chi connectivity index (χ4v) is 4.47. The normalized spacial score (nSPS) is 11.7. The fourth-order valence-electron chi connectivity index (χ4n) is 2.71. The summed E-state index contributed by atoms with van der Waals surface area (Å²) in [5, 5.41) is 10.9. The van der Waals surface area contributed by atoms with E-state index >= 15 is 0 Å². The van der Waals surface area contributed by atoms with Crippen LogP contribution in [0.4, 0.5) is 0 Å². The summed E-state index contributed by atoms with van der Waals surface area (Å²) < 4.78 is 22.0. The number of ether oxygens (including phenoxy) is 4. The molecule has 0 aliphatic rings. The van der Waals surface area contributed by atoms with Gasteiger partial charge < -0.3 is 0 Å². The Morgan fingerprint density at radius 1 is 0.889 bits per heavy atom. The van der Waals surface area contributed by atoms with Gasteiger partial charge in [0.25, 0.3) is 0 Å². The molecule has 27 heavy (non-hydrogen) atoms. The molecule has 0 aliphatic carbocycles. The Bertz CT molecular complexity index is 882. The minimum absolute atomic E-state index is 0.0466. The standard InChI is InChI=1S/C20H21NO5Se/c1-23-14-7-5-12(6-8-14)15-11-27-20(21-15)18(22)13-9-16(24-2)19(26-4)17(10-13)25-3/h5-11,18,22H,1-4H3. The second kappa shape index (κ2) is 8.48. The van der Waals surface area contributed by atoms with E-state index in [2.05, 4.69) is 9.92 Å². The van der Waals surface area contributed by atoms with Crippen molar-refractivity contribution in [2.45, 2.75) is 6.10 Å². The average Bonchev–Trinajstić information content (AvgIpc) is 3.22. The van der Waals surface area contributed by atoms with Crippen LogP contribution in [0, 0.1) is 0 Å². The topological polar surface area (TPSA) is 70.0 Å². The summed E-state index contributed by atoms with van der Waals surface area (Å²) >= 11 is -0.0466. The summed E-state index contributed by atoms with van der Waals surface area (Å²) in [6.07, 6.45) is -0.842. The predicted octanol–water partition coefficient (Wildman–Crippen LogP) is 2.92. The van der Waals surface area contributed by atoms with Gasteiger partial charge in [-0.15, -0.1) is 0 Å². The van der Waals surface area contributed by atoms with Crippen LogP contribution in [0.1, 0.15) is 16.2 Å². The maximum absolute atomic E-state index is 10.9. The molecular formula is C20H21NO5Se. The molecular weight excluding hydrogens is 413 g/mol. The Labute approximate surface area is 164 Å². The summed E-state index contributed by atoms with van der Waals surface area (Å²) in [5.74, 6) is 2.29. The number of rotatable bonds is 7. The van der Waals surface area contributed by atoms with Gasteiger partial charge in [-0.05, 0) is 0 Å². The molecule has 0 aliphatic heterocycles. The first kappa shape index (κ1) is 19.3. The fraction of sp³-hybridized carbons (Fsp3) is 0.250. The molecule has 0 bridgehead atoms. The maximum atomic E-state index is 10.9. The van der Waals surface area contributed by atoms with E-state index in [1.807, 2.05) is 24.3 Å². The quantitative estimate of drug-likeness (QED) is 0.577. The zero-order valence-corrected chi connectivity index (χ0v) is 17.3. The molecule has 1 N–H and O–H groups in total. The molecule has 1 aromatic heterocycles. The van der Waals surface area contributed by atoms with Crippen LogP contribution in [-0.2, 0) is 0 Å². The van der Waals surface area contributed by atoms with E-state index in [1.54, 1.807) is 40.6 Å². The third kappa shape index (κ3) is 3.95. The van der Waals surface area contributed by atoms with Gasteiger partial charge in [-0.25, -0.2) is 0 Å². The number of aromatic nitrogens is 1. The molecule has 0 fully saturated rings. The van der Waals surface area contributed by atoms with Crippen molar-refractivity contribution in [2.75, 3.05) is 28.4 Å². The van der Waals surface area contributed by atoms with E-state index in [1.165, 1.54) is 0 Å². The van der Waals surface area contributed by atoms with Crippen molar-refractivity contribution in [2.24, 2.45) is 0 Å². The van der Waals surface area contributed by atoms with Crippen molar-refractivity contribution in [1.29, 1.82) is 0 Å². The number of benzene rings is 2. The van der Waals surface area contributed by atoms with Gasteiger partial charge in [0.1, 0.15) is 0 Å². The van der Waals surface area contributed by atoms with Crippen molar-refractivity contribution < 1.29 is 24.1 Å². The summed E-state index contributed by atoms with van der Waals surface area (Å²) in [6.45, 7) is 0. The Balaban J connectivity index is 1.92. The third-order valence-corrected chi connectivity index (χ3v) is 6.03. The van der Waals surface area contributed by atoms with Gasteiger partial charge in [-0.2, -0.15) is 0 Å². The zero-order chi connectivity index (χ0) is 19.4. The molecule has 1 unspecified atom stereocenters. The molecule has 1 heterocycles. The zero-order valence-electron chi connectivity index (χ0n) is 15.6. The number of methoxy groups -OCH3 is 4. The summed E-state index contributed by atoms with van der Waals surface area (Å²) in [4.78, 5) is 6.71. The molecule has 6 nitrogen and oxygen atoms in total. The van der Waals surface area contributed by atoms with Crippen molar-refractivity contribution in [1.82, 2.24) is 4.98 Å². The molecule has 0 spiro atoms. The van der Waals surface area contributed by atoms with E-state index in [0.29, 0.717) is 22.8 Å². The van der Waals surface area contributed by atoms with Crippen molar-refractivity contribution in [3.05, 3.63) is 51.5 Å². The molecule has 0 amide bonds. The molecule has 0 radical (unpaired) electrons. The van der Waals surface area contributed by atoms with E-state index in [9.17, 15) is 5.11 Å². The Morgan fingerprint density at radius 3 is 2.04 bits per heavy atom. The molecule has 3 rings (SSSR count). The van der Waals surface area contributed by atoms with Gasteiger partial charge in [0, 0.05) is 0 Å². The molecule has 0 saturated heterocycles. The van der Waals surface area contributed by atoms with Crippen LogP contribution in [0.25, 0.3) is 11.3 Å². The van der Waals surface area contributed by atoms with Crippen molar-refractivity contribution in [3.63, 3.8) is 0 Å². The second-order valence-corrected chi connectivity index (χ2v) is 7.53. The first-order valence-electron chi connectivity index (χ1n) is 8.19. The van der Waals surface area contributed by atoms with Gasteiger partial charge in [0.15, 0.2) is 0 Å². The molecule has 2 aromatic carbocycles. The van der Waals surface area contributed by atoms with Crippen LogP contribution < -0.4 is 18.9 Å². The molecule has 142 valence electrons. The minimum atomic E-state index is -0.842. The average molecular weight is 434 g/mol. The molecule has 7 heteroatoms. The number of hydrogen-bond donors (Lipinski definition) is 1. The van der Waals surface area contributed by atoms with Gasteiger partial charge in [-0.1, -0.05) is 0 Å². The first-order valence-corrected chi connectivity index (χ1v) is 10.0. The molecule has 3 aromatic rings. The van der Waals surface area contributed by atoms with Gasteiger partial charge >= 0.3 is 164 Å². The summed E-state index contributed by atoms with van der Waals surface area (Å²) in [6, 6.07) is 11.2. The van der Waals surface area contributed by atoms with Crippen LogP contribution in [0.3, 0.4) is 0 Å². The van der Waals surface area contributed by atoms with Gasteiger partial charge in [0.05, 0.1) is 0 Å². The second-order valence-electron chi connectivity index (χ2n) is 5.66. The molecule has 0 saturated carbocycles. The third-order valence-electron chi connectivity index (χ3n) is 4.14. The van der Waals surface area contributed by atoms with E-state index in [0.717, 1.165) is 21.6 Å². The first-order chi connectivity index (χ1) is 13.1. The van der Waals surface area contributed by atoms with Gasteiger partial charge in [-0.3, -0.25) is 0 Å². The van der Waals surface area contributed by atoms with E-state index in [4.69, 9.17) is 18.9 Å². The Hall–Kier alpha value is -2.47. The number of nitrogens with zero attached hydrogens (tertiary/aromatic N) is 1. The Kier molecular flexibility index (Phi) is 6.06. The van der Waals surface area contributed by atoms with Crippen LogP contribution in [0.2, 0.25) is 0 Å². The number of hydrogen-bond acceptors (Lipinski definition) is 6. The van der Waals surface area contributed by atoms with Crippen LogP contribution >= 0.6 is 0 Å². The van der Waals surface area contributed by atoms with Crippen molar-refractivity contribution in [3.8, 4) is 34.3 Å². The van der Waals surface area contributed by atoms with Gasteiger partial charge in [0.2, 0.25) is 0 Å². The predicted molar refractivity (Wildman–Crippen MR) is 103 cm³/mol. The van der Waals surface area contributed by atoms with Crippen LogP contribution in [0.15, 0.2) is 41.3 Å². The van der Waals surface area contributed by atoms with E-state index in [-0.39, 0.29) is 14.5 Å². The number of aliphatic hydroxyl groups excluding tert-OH is 1. The van der Waals surface area contributed by atoms with Crippen LogP contribution in [-0.4, -0.2) is 53.0 Å². The Morgan fingerprint density at radius 2 is 1.52 bits per heavy atom. The molecule has 1 atom stereocenters. The summed E-state index contributed by atoms with van der Waals surface area (Å²) in [7, 11) is 6.28. The van der Waals surface area contributed by atoms with Crippen molar-refractivity contribution >= 4 is 14.5 Å².